The topological polar surface area (TPSA) is 67.9 Å². The second kappa shape index (κ2) is 14.6. The molecule has 0 aliphatic heterocycles. The number of nitrogens with zero attached hydrogens (tertiary/aromatic N) is 1. The molecule has 0 saturated heterocycles. The van der Waals surface area contributed by atoms with Crippen LogP contribution in [0.1, 0.15) is 43.4 Å². The lowest BCUT2D eigenvalue weighted by molar-refractivity contribution is -0.141. The number of ether oxygens (including phenoxy) is 2. The maximum Gasteiger partial charge on any atom is 0.243 e. The van der Waals surface area contributed by atoms with E-state index in [0.29, 0.717) is 30.9 Å². The Morgan fingerprint density at radius 1 is 0.895 bits per heavy atom. The smallest absolute Gasteiger partial charge is 0.243 e. The molecular weight excluding hydrogens is 544 g/mol. The molecular formula is C31H37BrN2O4. The summed E-state index contributed by atoms with van der Waals surface area (Å²) in [6, 6.07) is 22.7. The van der Waals surface area contributed by atoms with E-state index < -0.39 is 6.04 Å². The number of nitrogens with one attached hydrogen (secondary N) is 1. The molecule has 0 fully saturated rings. The summed E-state index contributed by atoms with van der Waals surface area (Å²) in [5.74, 6) is 1.05. The van der Waals surface area contributed by atoms with Crippen molar-refractivity contribution in [1.82, 2.24) is 10.2 Å². The number of benzene rings is 3. The summed E-state index contributed by atoms with van der Waals surface area (Å²) in [5.41, 5.74) is 2.93. The molecule has 202 valence electrons. The van der Waals surface area contributed by atoms with Crippen LogP contribution in [0.25, 0.3) is 0 Å². The molecule has 0 aliphatic rings. The van der Waals surface area contributed by atoms with Gasteiger partial charge >= 0.3 is 0 Å². The predicted octanol–water partition coefficient (Wildman–Crippen LogP) is 5.95. The van der Waals surface area contributed by atoms with Gasteiger partial charge in [0.25, 0.3) is 0 Å². The lowest BCUT2D eigenvalue weighted by Crippen LogP contribution is -2.52. The van der Waals surface area contributed by atoms with Gasteiger partial charge in [-0.15, -0.1) is 0 Å². The van der Waals surface area contributed by atoms with E-state index in [4.69, 9.17) is 9.47 Å². The Hall–Kier alpha value is -3.32. The van der Waals surface area contributed by atoms with Crippen molar-refractivity contribution in [3.05, 3.63) is 94.0 Å². The summed E-state index contributed by atoms with van der Waals surface area (Å²) in [4.78, 5) is 29.2. The number of carbonyl (C=O) groups is 2. The minimum atomic E-state index is -0.645. The van der Waals surface area contributed by atoms with E-state index in [1.807, 2.05) is 86.6 Å². The highest BCUT2D eigenvalue weighted by Gasteiger charge is 2.30. The quantitative estimate of drug-likeness (QED) is 0.271. The molecule has 2 unspecified atom stereocenters. The molecule has 3 aromatic carbocycles. The Morgan fingerprint density at radius 3 is 2.18 bits per heavy atom. The number of methoxy groups -OCH3 is 2. The standard InChI is InChI=1S/C31H37BrN2O4/c1-5-22(2)33-31(36)27(19-23-9-7-6-8-10-23)34(21-25-11-15-26(32)16-12-25)30(35)18-14-24-13-17-28(37-3)29(20-24)38-4/h6-13,15-17,20,22,27H,5,14,18-19,21H2,1-4H3,(H,33,36). The van der Waals surface area contributed by atoms with Gasteiger partial charge in [-0.05, 0) is 60.7 Å². The molecule has 38 heavy (non-hydrogen) atoms. The summed E-state index contributed by atoms with van der Waals surface area (Å²) < 4.78 is 11.7. The number of carbonyl (C=O) groups excluding carboxylic acids is 2. The SMILES string of the molecule is CCC(C)NC(=O)C(Cc1ccccc1)N(Cc1ccc(Br)cc1)C(=O)CCc1ccc(OC)c(OC)c1. The highest BCUT2D eigenvalue weighted by atomic mass is 79.9. The van der Waals surface area contributed by atoms with Crippen LogP contribution in [0.5, 0.6) is 11.5 Å². The number of rotatable bonds is 13. The van der Waals surface area contributed by atoms with Crippen LogP contribution in [-0.4, -0.2) is 43.0 Å². The van der Waals surface area contributed by atoms with Gasteiger partial charge in [-0.1, -0.05) is 71.4 Å². The normalized spacial score (nSPS) is 12.3. The molecule has 0 radical (unpaired) electrons. The molecule has 2 amide bonds. The van der Waals surface area contributed by atoms with Crippen molar-refractivity contribution >= 4 is 27.7 Å². The minimum absolute atomic E-state index is 0.0113. The Balaban J connectivity index is 1.90. The highest BCUT2D eigenvalue weighted by Crippen LogP contribution is 2.28. The first kappa shape index (κ1) is 29.2. The third kappa shape index (κ3) is 8.35. The van der Waals surface area contributed by atoms with Crippen molar-refractivity contribution in [1.29, 1.82) is 0 Å². The summed E-state index contributed by atoms with van der Waals surface area (Å²) in [7, 11) is 3.19. The van der Waals surface area contributed by atoms with Crippen LogP contribution in [-0.2, 0) is 29.0 Å². The molecule has 0 aromatic heterocycles. The number of hydrogen-bond donors (Lipinski definition) is 1. The number of amides is 2. The van der Waals surface area contributed by atoms with Gasteiger partial charge < -0.3 is 19.7 Å². The zero-order valence-corrected chi connectivity index (χ0v) is 24.2. The van der Waals surface area contributed by atoms with E-state index in [1.165, 1.54) is 0 Å². The van der Waals surface area contributed by atoms with Crippen molar-refractivity contribution in [2.45, 2.75) is 58.2 Å². The van der Waals surface area contributed by atoms with E-state index in [2.05, 4.69) is 21.2 Å². The summed E-state index contributed by atoms with van der Waals surface area (Å²) in [5, 5.41) is 3.11. The maximum absolute atomic E-state index is 13.8. The summed E-state index contributed by atoms with van der Waals surface area (Å²) in [6.45, 7) is 4.35. The average molecular weight is 582 g/mol. The third-order valence-electron chi connectivity index (χ3n) is 6.61. The van der Waals surface area contributed by atoms with Gasteiger partial charge in [0.05, 0.1) is 14.2 Å². The van der Waals surface area contributed by atoms with Crippen molar-refractivity contribution in [3.8, 4) is 11.5 Å². The molecule has 7 heteroatoms. The van der Waals surface area contributed by atoms with E-state index in [1.54, 1.807) is 19.1 Å². The van der Waals surface area contributed by atoms with E-state index in [-0.39, 0.29) is 24.3 Å². The van der Waals surface area contributed by atoms with Gasteiger partial charge in [0, 0.05) is 29.9 Å². The molecule has 3 aromatic rings. The van der Waals surface area contributed by atoms with Crippen LogP contribution < -0.4 is 14.8 Å². The molecule has 3 rings (SSSR count). The second-order valence-electron chi connectivity index (χ2n) is 9.36. The van der Waals surface area contributed by atoms with Crippen LogP contribution in [0.3, 0.4) is 0 Å². The number of halogens is 1. The first-order valence-corrected chi connectivity index (χ1v) is 13.7. The third-order valence-corrected chi connectivity index (χ3v) is 7.14. The lowest BCUT2D eigenvalue weighted by Gasteiger charge is -2.32. The Labute approximate surface area is 234 Å². The minimum Gasteiger partial charge on any atom is -0.493 e. The lowest BCUT2D eigenvalue weighted by atomic mass is 10.0. The zero-order valence-electron chi connectivity index (χ0n) is 22.6. The Kier molecular flexibility index (Phi) is 11.2. The van der Waals surface area contributed by atoms with Crippen molar-refractivity contribution in [2.24, 2.45) is 0 Å². The monoisotopic (exact) mass is 580 g/mol. The van der Waals surface area contributed by atoms with Gasteiger partial charge in [-0.25, -0.2) is 0 Å². The average Bonchev–Trinajstić information content (AvgIpc) is 2.94. The van der Waals surface area contributed by atoms with Gasteiger partial charge in [0.1, 0.15) is 6.04 Å². The predicted molar refractivity (Wildman–Crippen MR) is 154 cm³/mol. The molecule has 2 atom stereocenters. The van der Waals surface area contributed by atoms with E-state index in [9.17, 15) is 9.59 Å². The van der Waals surface area contributed by atoms with Gasteiger partial charge in [0.15, 0.2) is 11.5 Å². The second-order valence-corrected chi connectivity index (χ2v) is 10.3. The van der Waals surface area contributed by atoms with Gasteiger partial charge in [-0.2, -0.15) is 0 Å². The fourth-order valence-corrected chi connectivity index (χ4v) is 4.48. The van der Waals surface area contributed by atoms with Gasteiger partial charge in [-0.3, -0.25) is 9.59 Å². The van der Waals surface area contributed by atoms with Crippen LogP contribution in [0.4, 0.5) is 0 Å². The van der Waals surface area contributed by atoms with Crippen molar-refractivity contribution in [3.63, 3.8) is 0 Å². The van der Waals surface area contributed by atoms with Gasteiger partial charge in [0.2, 0.25) is 11.8 Å². The first-order valence-electron chi connectivity index (χ1n) is 12.9. The zero-order chi connectivity index (χ0) is 27.5. The van der Waals surface area contributed by atoms with Crippen LogP contribution in [0.2, 0.25) is 0 Å². The molecule has 0 bridgehead atoms. The molecule has 6 nitrogen and oxygen atoms in total. The molecule has 0 heterocycles. The highest BCUT2D eigenvalue weighted by molar-refractivity contribution is 9.10. The number of hydrogen-bond acceptors (Lipinski definition) is 4. The molecule has 0 saturated carbocycles. The first-order chi connectivity index (χ1) is 18.3. The molecule has 0 spiro atoms. The molecule has 0 aliphatic carbocycles. The van der Waals surface area contributed by atoms with Crippen LogP contribution in [0, 0.1) is 0 Å². The summed E-state index contributed by atoms with van der Waals surface area (Å²) >= 11 is 3.48. The fraction of sp³-hybridized carbons (Fsp3) is 0.355. The fourth-order valence-electron chi connectivity index (χ4n) is 4.21. The largest absolute Gasteiger partial charge is 0.493 e. The van der Waals surface area contributed by atoms with Crippen molar-refractivity contribution < 1.29 is 19.1 Å². The van der Waals surface area contributed by atoms with Crippen molar-refractivity contribution in [2.75, 3.05) is 14.2 Å². The van der Waals surface area contributed by atoms with Crippen LogP contribution in [0.15, 0.2) is 77.3 Å². The Bertz CT molecular complexity index is 1180. The Morgan fingerprint density at radius 2 is 1.55 bits per heavy atom. The van der Waals surface area contributed by atoms with E-state index in [0.717, 1.165) is 27.6 Å². The van der Waals surface area contributed by atoms with E-state index >= 15 is 0 Å². The summed E-state index contributed by atoms with van der Waals surface area (Å²) in [6.07, 6.45) is 2.01. The molecule has 1 N–H and O–H groups in total. The number of aryl methyl sites for hydroxylation is 1. The van der Waals surface area contributed by atoms with Crippen LogP contribution >= 0.6 is 15.9 Å². The maximum atomic E-state index is 13.8.